The van der Waals surface area contributed by atoms with E-state index in [-0.39, 0.29) is 11.8 Å². The molecule has 3 rings (SSSR count). The van der Waals surface area contributed by atoms with Gasteiger partial charge in [0.2, 0.25) is 5.91 Å². The summed E-state index contributed by atoms with van der Waals surface area (Å²) in [6.45, 7) is 5.18. The minimum absolute atomic E-state index is 0.166. The number of carbonyl (C=O) groups excluding carboxylic acids is 1. The van der Waals surface area contributed by atoms with Crippen LogP contribution in [0.5, 0.6) is 0 Å². The highest BCUT2D eigenvalue weighted by Crippen LogP contribution is 2.23. The smallest absolute Gasteiger partial charge is 0.224 e. The third-order valence-corrected chi connectivity index (χ3v) is 5.99. The molecule has 1 aromatic rings. The maximum Gasteiger partial charge on any atom is 0.224 e. The standard InChI is InChI=1S/C17H28N4OS/c1-20-10-5-15(6-11-20)21-9-2-3-14(13-21)17(22)19-7-4-16-18-8-12-23-16/h8,12,14-15H,2-7,9-11,13H2,1H3,(H,19,22)/t14-/m1/s1. The summed E-state index contributed by atoms with van der Waals surface area (Å²) in [4.78, 5) is 21.7. The lowest BCUT2D eigenvalue weighted by Crippen LogP contribution is -2.50. The van der Waals surface area contributed by atoms with Crippen LogP contribution in [0.2, 0.25) is 0 Å². The molecule has 0 radical (unpaired) electrons. The van der Waals surface area contributed by atoms with Crippen molar-refractivity contribution in [2.24, 2.45) is 5.92 Å². The van der Waals surface area contributed by atoms with Gasteiger partial charge in [-0.15, -0.1) is 11.3 Å². The second-order valence-corrected chi connectivity index (χ2v) is 7.81. The zero-order valence-electron chi connectivity index (χ0n) is 14.0. The minimum Gasteiger partial charge on any atom is -0.355 e. The second-order valence-electron chi connectivity index (χ2n) is 6.84. The van der Waals surface area contributed by atoms with Crippen molar-refractivity contribution < 1.29 is 4.79 Å². The highest BCUT2D eigenvalue weighted by Gasteiger charge is 2.30. The van der Waals surface area contributed by atoms with Crippen molar-refractivity contribution in [1.29, 1.82) is 0 Å². The van der Waals surface area contributed by atoms with E-state index in [2.05, 4.69) is 27.1 Å². The number of nitrogens with zero attached hydrogens (tertiary/aromatic N) is 3. The fourth-order valence-electron chi connectivity index (χ4n) is 3.73. The molecule has 2 aliphatic rings. The summed E-state index contributed by atoms with van der Waals surface area (Å²) in [5.41, 5.74) is 0. The first-order chi connectivity index (χ1) is 11.2. The topological polar surface area (TPSA) is 48.5 Å². The lowest BCUT2D eigenvalue weighted by atomic mass is 9.93. The van der Waals surface area contributed by atoms with Crippen molar-refractivity contribution in [3.05, 3.63) is 16.6 Å². The molecule has 0 bridgehead atoms. The van der Waals surface area contributed by atoms with Gasteiger partial charge in [-0.2, -0.15) is 0 Å². The Balaban J connectivity index is 1.43. The van der Waals surface area contributed by atoms with Crippen molar-refractivity contribution in [3.8, 4) is 0 Å². The van der Waals surface area contributed by atoms with Gasteiger partial charge in [-0.3, -0.25) is 9.69 Å². The molecule has 1 N–H and O–H groups in total. The minimum atomic E-state index is 0.166. The summed E-state index contributed by atoms with van der Waals surface area (Å²) in [7, 11) is 2.20. The van der Waals surface area contributed by atoms with Gasteiger partial charge in [0.25, 0.3) is 0 Å². The Morgan fingerprint density at radius 1 is 1.35 bits per heavy atom. The molecule has 2 saturated heterocycles. The van der Waals surface area contributed by atoms with Crippen LogP contribution in [0.4, 0.5) is 0 Å². The van der Waals surface area contributed by atoms with Gasteiger partial charge in [-0.1, -0.05) is 0 Å². The molecule has 23 heavy (non-hydrogen) atoms. The molecule has 1 atom stereocenters. The molecular formula is C17H28N4OS. The summed E-state index contributed by atoms with van der Waals surface area (Å²) in [5.74, 6) is 0.402. The second kappa shape index (κ2) is 8.22. The zero-order chi connectivity index (χ0) is 16.1. The Labute approximate surface area is 143 Å². The first-order valence-electron chi connectivity index (χ1n) is 8.81. The largest absolute Gasteiger partial charge is 0.355 e. The summed E-state index contributed by atoms with van der Waals surface area (Å²) in [6, 6.07) is 0.678. The number of nitrogens with one attached hydrogen (secondary N) is 1. The van der Waals surface area contributed by atoms with Gasteiger partial charge in [-0.05, 0) is 52.4 Å². The molecule has 1 amide bonds. The van der Waals surface area contributed by atoms with Crippen LogP contribution in [-0.2, 0) is 11.2 Å². The Bertz CT molecular complexity index is 485. The monoisotopic (exact) mass is 336 g/mol. The highest BCUT2D eigenvalue weighted by atomic mass is 32.1. The van der Waals surface area contributed by atoms with Crippen LogP contribution in [0, 0.1) is 5.92 Å². The number of rotatable bonds is 5. The number of aromatic nitrogens is 1. The maximum absolute atomic E-state index is 12.4. The van der Waals surface area contributed by atoms with E-state index in [0.29, 0.717) is 12.6 Å². The summed E-state index contributed by atoms with van der Waals surface area (Å²) >= 11 is 1.65. The SMILES string of the molecule is CN1CCC(N2CCC[C@@H](C(=O)NCCc3nccs3)C2)CC1. The fourth-order valence-corrected chi connectivity index (χ4v) is 4.35. The van der Waals surface area contributed by atoms with Crippen LogP contribution in [0.3, 0.4) is 0 Å². The van der Waals surface area contributed by atoms with Crippen molar-refractivity contribution in [2.45, 2.75) is 38.1 Å². The molecule has 5 nitrogen and oxygen atoms in total. The molecule has 0 aromatic carbocycles. The van der Waals surface area contributed by atoms with E-state index in [9.17, 15) is 4.79 Å². The molecule has 1 aromatic heterocycles. The van der Waals surface area contributed by atoms with Crippen LogP contribution in [0.25, 0.3) is 0 Å². The Morgan fingerprint density at radius 2 is 2.17 bits per heavy atom. The predicted molar refractivity (Wildman–Crippen MR) is 93.6 cm³/mol. The normalized spacial score (nSPS) is 24.7. The number of amides is 1. The number of thiazole rings is 1. The van der Waals surface area contributed by atoms with E-state index >= 15 is 0 Å². The molecule has 2 fully saturated rings. The van der Waals surface area contributed by atoms with Crippen LogP contribution >= 0.6 is 11.3 Å². The van der Waals surface area contributed by atoms with Gasteiger partial charge in [0.15, 0.2) is 0 Å². The average molecular weight is 337 g/mol. The molecule has 128 valence electrons. The van der Waals surface area contributed by atoms with Crippen LogP contribution < -0.4 is 5.32 Å². The number of hydrogen-bond acceptors (Lipinski definition) is 5. The maximum atomic E-state index is 12.4. The van der Waals surface area contributed by atoms with E-state index in [0.717, 1.165) is 37.4 Å². The molecular weight excluding hydrogens is 308 g/mol. The van der Waals surface area contributed by atoms with E-state index in [1.807, 2.05) is 11.6 Å². The van der Waals surface area contributed by atoms with Gasteiger partial charge >= 0.3 is 0 Å². The van der Waals surface area contributed by atoms with Gasteiger partial charge in [0.05, 0.1) is 10.9 Å². The predicted octanol–water partition coefficient (Wildman–Crippen LogP) is 1.61. The molecule has 2 aliphatic heterocycles. The van der Waals surface area contributed by atoms with Crippen LogP contribution in [0.15, 0.2) is 11.6 Å². The molecule has 0 saturated carbocycles. The number of likely N-dealkylation sites (tertiary alicyclic amines) is 2. The zero-order valence-corrected chi connectivity index (χ0v) is 14.9. The molecule has 3 heterocycles. The van der Waals surface area contributed by atoms with E-state index < -0.39 is 0 Å². The van der Waals surface area contributed by atoms with Crippen LogP contribution in [0.1, 0.15) is 30.7 Å². The molecule has 0 spiro atoms. The molecule has 0 aliphatic carbocycles. The number of carbonyl (C=O) groups is 1. The van der Waals surface area contributed by atoms with Crippen molar-refractivity contribution in [1.82, 2.24) is 20.1 Å². The summed E-state index contributed by atoms with van der Waals surface area (Å²) in [5, 5.41) is 6.20. The highest BCUT2D eigenvalue weighted by molar-refractivity contribution is 7.09. The number of hydrogen-bond donors (Lipinski definition) is 1. The van der Waals surface area contributed by atoms with Crippen molar-refractivity contribution >= 4 is 17.2 Å². The quantitative estimate of drug-likeness (QED) is 0.887. The van der Waals surface area contributed by atoms with Gasteiger partial charge in [0.1, 0.15) is 0 Å². The van der Waals surface area contributed by atoms with Crippen molar-refractivity contribution in [2.75, 3.05) is 39.8 Å². The van der Waals surface area contributed by atoms with Gasteiger partial charge in [-0.25, -0.2) is 4.98 Å². The lowest BCUT2D eigenvalue weighted by molar-refractivity contribution is -0.127. The summed E-state index contributed by atoms with van der Waals surface area (Å²) in [6.07, 6.45) is 7.34. The average Bonchev–Trinajstić information content (AvgIpc) is 3.09. The fraction of sp³-hybridized carbons (Fsp3) is 0.765. The Morgan fingerprint density at radius 3 is 2.91 bits per heavy atom. The van der Waals surface area contributed by atoms with E-state index in [1.165, 1.54) is 25.9 Å². The number of piperidine rings is 2. The molecule has 6 heteroatoms. The summed E-state index contributed by atoms with van der Waals surface area (Å²) < 4.78 is 0. The Kier molecular flexibility index (Phi) is 6.02. The first-order valence-corrected chi connectivity index (χ1v) is 9.69. The van der Waals surface area contributed by atoms with Crippen molar-refractivity contribution in [3.63, 3.8) is 0 Å². The first kappa shape index (κ1) is 16.9. The Hall–Kier alpha value is -0.980. The molecule has 0 unspecified atom stereocenters. The van der Waals surface area contributed by atoms with Gasteiger partial charge in [0, 0.05) is 37.1 Å². The van der Waals surface area contributed by atoms with Gasteiger partial charge < -0.3 is 10.2 Å². The van der Waals surface area contributed by atoms with E-state index in [1.54, 1.807) is 11.3 Å². The third kappa shape index (κ3) is 4.75. The third-order valence-electron chi connectivity index (χ3n) is 5.15. The van der Waals surface area contributed by atoms with E-state index in [4.69, 9.17) is 0 Å². The van der Waals surface area contributed by atoms with Crippen LogP contribution in [-0.4, -0.2) is 66.5 Å². The lowest BCUT2D eigenvalue weighted by Gasteiger charge is -2.41.